The third-order valence-electron chi connectivity index (χ3n) is 4.93. The van der Waals surface area contributed by atoms with E-state index in [-0.39, 0.29) is 0 Å². The minimum atomic E-state index is 0.529. The third kappa shape index (κ3) is 3.45. The molecule has 0 radical (unpaired) electrons. The maximum atomic E-state index is 5.88. The second-order valence-corrected chi connectivity index (χ2v) is 6.81. The standard InChI is InChI=1S/C20H23N5O/c1-14-19(24-18-6-4-3-5-17(18)23-14)25-11-7-16(8-12-25)13-26-20-15(2)21-9-10-22-20/h3-6,9-10,16H,7-8,11-13H2,1-2H3. The first kappa shape index (κ1) is 16.7. The van der Waals surface area contributed by atoms with Crippen molar-refractivity contribution >= 4 is 16.9 Å². The first-order valence-electron chi connectivity index (χ1n) is 9.09. The fourth-order valence-corrected chi connectivity index (χ4v) is 3.42. The van der Waals surface area contributed by atoms with Gasteiger partial charge in [-0.05, 0) is 44.7 Å². The molecule has 6 heteroatoms. The van der Waals surface area contributed by atoms with Crippen LogP contribution in [0.5, 0.6) is 5.88 Å². The Bertz CT molecular complexity index is 906. The average Bonchev–Trinajstić information content (AvgIpc) is 2.67. The molecule has 0 saturated carbocycles. The van der Waals surface area contributed by atoms with Crippen molar-refractivity contribution in [2.75, 3.05) is 24.6 Å². The van der Waals surface area contributed by atoms with E-state index in [9.17, 15) is 0 Å². The summed E-state index contributed by atoms with van der Waals surface area (Å²) < 4.78 is 5.88. The number of nitrogens with zero attached hydrogens (tertiary/aromatic N) is 5. The van der Waals surface area contributed by atoms with E-state index in [1.165, 1.54) is 0 Å². The number of aryl methyl sites for hydroxylation is 2. The van der Waals surface area contributed by atoms with Gasteiger partial charge in [-0.25, -0.2) is 15.0 Å². The molecule has 0 amide bonds. The molecule has 0 atom stereocenters. The fourth-order valence-electron chi connectivity index (χ4n) is 3.42. The second-order valence-electron chi connectivity index (χ2n) is 6.81. The van der Waals surface area contributed by atoms with Crippen molar-refractivity contribution in [3.8, 4) is 5.88 Å². The zero-order chi connectivity index (χ0) is 17.9. The van der Waals surface area contributed by atoms with Crippen LogP contribution in [0.3, 0.4) is 0 Å². The fraction of sp³-hybridized carbons (Fsp3) is 0.400. The Hall–Kier alpha value is -2.76. The predicted molar refractivity (Wildman–Crippen MR) is 101 cm³/mol. The van der Waals surface area contributed by atoms with Crippen LogP contribution in [0.2, 0.25) is 0 Å². The number of benzene rings is 1. The van der Waals surface area contributed by atoms with Crippen molar-refractivity contribution in [3.63, 3.8) is 0 Å². The topological polar surface area (TPSA) is 64.0 Å². The van der Waals surface area contributed by atoms with E-state index in [0.717, 1.165) is 54.2 Å². The van der Waals surface area contributed by atoms with Crippen LogP contribution in [0.1, 0.15) is 24.2 Å². The summed E-state index contributed by atoms with van der Waals surface area (Å²) in [5.41, 5.74) is 3.74. The maximum absolute atomic E-state index is 5.88. The normalized spacial score (nSPS) is 15.4. The molecular weight excluding hydrogens is 326 g/mol. The summed E-state index contributed by atoms with van der Waals surface area (Å²) in [6.45, 7) is 6.60. The van der Waals surface area contributed by atoms with Crippen molar-refractivity contribution in [1.82, 2.24) is 19.9 Å². The second kappa shape index (κ2) is 7.23. The number of aromatic nitrogens is 4. The molecule has 2 aromatic heterocycles. The Morgan fingerprint density at radius 2 is 1.65 bits per heavy atom. The Kier molecular flexibility index (Phi) is 4.65. The SMILES string of the molecule is Cc1nccnc1OCC1CCN(c2nc3ccccc3nc2C)CC1. The quantitative estimate of drug-likeness (QED) is 0.720. The Morgan fingerprint density at radius 3 is 2.38 bits per heavy atom. The van der Waals surface area contributed by atoms with E-state index in [0.29, 0.717) is 18.4 Å². The summed E-state index contributed by atoms with van der Waals surface area (Å²) >= 11 is 0. The average molecular weight is 349 g/mol. The number of rotatable bonds is 4. The zero-order valence-corrected chi connectivity index (χ0v) is 15.2. The molecule has 0 aliphatic carbocycles. The molecule has 0 spiro atoms. The van der Waals surface area contributed by atoms with Crippen LogP contribution >= 0.6 is 0 Å². The number of piperidine rings is 1. The summed E-state index contributed by atoms with van der Waals surface area (Å²) in [5, 5.41) is 0. The largest absolute Gasteiger partial charge is 0.476 e. The monoisotopic (exact) mass is 349 g/mol. The van der Waals surface area contributed by atoms with Gasteiger partial charge in [0.2, 0.25) is 5.88 Å². The molecule has 1 aromatic carbocycles. The lowest BCUT2D eigenvalue weighted by Gasteiger charge is -2.33. The number of hydrogen-bond acceptors (Lipinski definition) is 6. The molecule has 26 heavy (non-hydrogen) atoms. The van der Waals surface area contributed by atoms with Gasteiger partial charge in [0.15, 0.2) is 5.82 Å². The third-order valence-corrected chi connectivity index (χ3v) is 4.93. The first-order chi connectivity index (χ1) is 12.7. The molecule has 134 valence electrons. The van der Waals surface area contributed by atoms with Crippen LogP contribution in [0, 0.1) is 19.8 Å². The van der Waals surface area contributed by atoms with Crippen molar-refractivity contribution in [2.45, 2.75) is 26.7 Å². The minimum absolute atomic E-state index is 0.529. The van der Waals surface area contributed by atoms with Crippen LogP contribution in [0.15, 0.2) is 36.7 Å². The van der Waals surface area contributed by atoms with Crippen molar-refractivity contribution < 1.29 is 4.74 Å². The summed E-state index contributed by atoms with van der Waals surface area (Å²) in [5.74, 6) is 2.18. The number of para-hydroxylation sites is 2. The van der Waals surface area contributed by atoms with Crippen LogP contribution in [-0.4, -0.2) is 39.6 Å². The van der Waals surface area contributed by atoms with Crippen molar-refractivity contribution in [3.05, 3.63) is 48.0 Å². The number of ether oxygens (including phenoxy) is 1. The van der Waals surface area contributed by atoms with Gasteiger partial charge in [0.1, 0.15) is 0 Å². The highest BCUT2D eigenvalue weighted by molar-refractivity contribution is 5.76. The Balaban J connectivity index is 1.39. The zero-order valence-electron chi connectivity index (χ0n) is 15.2. The van der Waals surface area contributed by atoms with Crippen LogP contribution < -0.4 is 9.64 Å². The highest BCUT2D eigenvalue weighted by Gasteiger charge is 2.23. The smallest absolute Gasteiger partial charge is 0.235 e. The molecule has 4 rings (SSSR count). The first-order valence-corrected chi connectivity index (χ1v) is 9.09. The summed E-state index contributed by atoms with van der Waals surface area (Å²) in [4.78, 5) is 20.4. The van der Waals surface area contributed by atoms with E-state index >= 15 is 0 Å². The lowest BCUT2D eigenvalue weighted by Crippen LogP contribution is -2.36. The van der Waals surface area contributed by atoms with Crippen molar-refractivity contribution in [1.29, 1.82) is 0 Å². The maximum Gasteiger partial charge on any atom is 0.235 e. The molecule has 1 aliphatic rings. The van der Waals surface area contributed by atoms with E-state index in [4.69, 9.17) is 14.7 Å². The minimum Gasteiger partial charge on any atom is -0.476 e. The molecule has 3 heterocycles. The molecule has 1 saturated heterocycles. The number of fused-ring (bicyclic) bond motifs is 1. The van der Waals surface area contributed by atoms with Gasteiger partial charge in [-0.1, -0.05) is 12.1 Å². The molecule has 0 N–H and O–H groups in total. The van der Waals surface area contributed by atoms with E-state index in [1.807, 2.05) is 38.1 Å². The Morgan fingerprint density at radius 1 is 0.962 bits per heavy atom. The molecular formula is C20H23N5O. The molecule has 1 aliphatic heterocycles. The van der Waals surface area contributed by atoms with Gasteiger partial charge < -0.3 is 9.64 Å². The predicted octanol–water partition coefficient (Wildman–Crippen LogP) is 3.33. The Labute approximate surface area is 153 Å². The summed E-state index contributed by atoms with van der Waals surface area (Å²) in [7, 11) is 0. The van der Waals surface area contributed by atoms with Gasteiger partial charge in [-0.15, -0.1) is 0 Å². The van der Waals surface area contributed by atoms with Gasteiger partial charge in [0.05, 0.1) is 29.0 Å². The highest BCUT2D eigenvalue weighted by atomic mass is 16.5. The van der Waals surface area contributed by atoms with E-state index < -0.39 is 0 Å². The summed E-state index contributed by atoms with van der Waals surface area (Å²) in [6, 6.07) is 8.04. The van der Waals surface area contributed by atoms with E-state index in [2.05, 4.69) is 14.9 Å². The van der Waals surface area contributed by atoms with Gasteiger partial charge in [-0.3, -0.25) is 4.98 Å². The molecule has 6 nitrogen and oxygen atoms in total. The number of hydrogen-bond donors (Lipinski definition) is 0. The lowest BCUT2D eigenvalue weighted by atomic mass is 9.97. The van der Waals surface area contributed by atoms with Crippen LogP contribution in [0.25, 0.3) is 11.0 Å². The van der Waals surface area contributed by atoms with Gasteiger partial charge in [0, 0.05) is 25.5 Å². The summed E-state index contributed by atoms with van der Waals surface area (Å²) in [6.07, 6.45) is 5.51. The highest BCUT2D eigenvalue weighted by Crippen LogP contribution is 2.26. The number of anilines is 1. The van der Waals surface area contributed by atoms with E-state index in [1.54, 1.807) is 12.4 Å². The lowest BCUT2D eigenvalue weighted by molar-refractivity contribution is 0.214. The molecule has 1 fully saturated rings. The van der Waals surface area contributed by atoms with Crippen molar-refractivity contribution in [2.24, 2.45) is 5.92 Å². The molecule has 0 unspecified atom stereocenters. The van der Waals surface area contributed by atoms with Gasteiger partial charge in [-0.2, -0.15) is 0 Å². The molecule has 0 bridgehead atoms. The van der Waals surface area contributed by atoms with Gasteiger partial charge >= 0.3 is 0 Å². The van der Waals surface area contributed by atoms with Gasteiger partial charge in [0.25, 0.3) is 0 Å². The van der Waals surface area contributed by atoms with Crippen LogP contribution in [0.4, 0.5) is 5.82 Å². The molecule has 3 aromatic rings. The van der Waals surface area contributed by atoms with Crippen LogP contribution in [-0.2, 0) is 0 Å².